The normalized spacial score (nSPS) is 12.7. The van der Waals surface area contributed by atoms with Crippen molar-refractivity contribution in [3.05, 3.63) is 47.5 Å². The maximum Gasteiger partial charge on any atom is 0.175 e. The average Bonchev–Trinajstić information content (AvgIpc) is 2.61. The Hall–Kier alpha value is -3.02. The molecule has 0 aromatic heterocycles. The minimum atomic E-state index is -0.478. The zero-order valence-electron chi connectivity index (χ0n) is 15.2. The number of benzene rings is 2. The number of aliphatic imine (C=N–C) groups is 1. The lowest BCUT2D eigenvalue weighted by Gasteiger charge is -2.14. The number of anilines is 1. The van der Waals surface area contributed by atoms with Crippen LogP contribution in [0, 0.1) is 6.92 Å². The predicted molar refractivity (Wildman–Crippen MR) is 102 cm³/mol. The van der Waals surface area contributed by atoms with Crippen LogP contribution in [0.2, 0.25) is 0 Å². The minimum absolute atomic E-state index is 0.0155. The van der Waals surface area contributed by atoms with Crippen LogP contribution in [0.15, 0.2) is 41.4 Å². The molecule has 138 valence electrons. The fraction of sp³-hybridized carbons (Fsp3) is 0.300. The second kappa shape index (κ2) is 8.38. The Bertz CT molecular complexity index is 831. The average molecular weight is 356 g/mol. The van der Waals surface area contributed by atoms with E-state index in [-0.39, 0.29) is 29.6 Å². The summed E-state index contributed by atoms with van der Waals surface area (Å²) in [4.78, 5) is 16.7. The maximum atomic E-state index is 12.4. The van der Waals surface area contributed by atoms with Gasteiger partial charge in [0.05, 0.1) is 12.6 Å². The quantitative estimate of drug-likeness (QED) is 0.570. The molecule has 0 fully saturated rings. The van der Waals surface area contributed by atoms with Gasteiger partial charge in [0.2, 0.25) is 0 Å². The van der Waals surface area contributed by atoms with E-state index in [1.54, 1.807) is 44.2 Å². The van der Waals surface area contributed by atoms with Gasteiger partial charge >= 0.3 is 0 Å². The number of Topliss-reactive ketones (excluding diaryl/α,β-unsaturated/α-hetero) is 1. The summed E-state index contributed by atoms with van der Waals surface area (Å²) < 4.78 is 0. The molecule has 0 radical (unpaired) electrons. The monoisotopic (exact) mass is 356 g/mol. The highest BCUT2D eigenvalue weighted by molar-refractivity contribution is 6.04. The Morgan fingerprint density at radius 1 is 1.19 bits per heavy atom. The fourth-order valence-electron chi connectivity index (χ4n) is 2.55. The third kappa shape index (κ3) is 4.53. The number of nitrogens with zero attached hydrogens (tertiary/aromatic N) is 1. The van der Waals surface area contributed by atoms with Crippen LogP contribution in [-0.4, -0.2) is 39.4 Å². The highest BCUT2D eigenvalue weighted by Crippen LogP contribution is 2.30. The summed E-state index contributed by atoms with van der Waals surface area (Å²) in [6, 6.07) is 9.18. The topological polar surface area (TPSA) is 102 Å². The molecule has 0 saturated carbocycles. The zero-order valence-corrected chi connectivity index (χ0v) is 15.2. The molecule has 0 aliphatic rings. The first-order chi connectivity index (χ1) is 12.3. The molecule has 0 saturated heterocycles. The summed E-state index contributed by atoms with van der Waals surface area (Å²) in [5, 5.41) is 32.4. The van der Waals surface area contributed by atoms with Crippen LogP contribution in [0.25, 0.3) is 0 Å². The number of nitrogens with one attached hydrogen (secondary N) is 1. The summed E-state index contributed by atoms with van der Waals surface area (Å²) in [6.45, 7) is 5.21. The first-order valence-electron chi connectivity index (χ1n) is 8.47. The number of ketones is 1. The number of carbonyl (C=O) groups excluding carboxylic acids is 1. The van der Waals surface area contributed by atoms with E-state index in [2.05, 4.69) is 10.3 Å². The van der Waals surface area contributed by atoms with E-state index in [0.29, 0.717) is 28.9 Å². The van der Waals surface area contributed by atoms with E-state index in [9.17, 15) is 20.1 Å². The van der Waals surface area contributed by atoms with Crippen molar-refractivity contribution in [2.75, 3.05) is 11.9 Å². The van der Waals surface area contributed by atoms with Crippen molar-refractivity contribution in [3.8, 4) is 17.2 Å². The Morgan fingerprint density at radius 3 is 2.58 bits per heavy atom. The molecule has 0 heterocycles. The molecule has 0 aliphatic carbocycles. The number of rotatable bonds is 7. The van der Waals surface area contributed by atoms with Crippen molar-refractivity contribution in [2.45, 2.75) is 33.2 Å². The van der Waals surface area contributed by atoms with Crippen LogP contribution in [0.1, 0.15) is 31.4 Å². The summed E-state index contributed by atoms with van der Waals surface area (Å²) in [6.07, 6.45) is 0.541. The van der Waals surface area contributed by atoms with Gasteiger partial charge in [-0.05, 0) is 44.5 Å². The number of hydrogen-bond donors (Lipinski definition) is 4. The van der Waals surface area contributed by atoms with Crippen molar-refractivity contribution in [3.63, 3.8) is 0 Å². The number of aromatic hydroxyl groups is 3. The molecule has 2 rings (SSSR count). The second-order valence-corrected chi connectivity index (χ2v) is 6.10. The molecule has 1 atom stereocenters. The van der Waals surface area contributed by atoms with Crippen molar-refractivity contribution in [2.24, 2.45) is 4.99 Å². The molecule has 6 nitrogen and oxygen atoms in total. The second-order valence-electron chi connectivity index (χ2n) is 6.10. The number of carbonyl (C=O) groups is 1. The van der Waals surface area contributed by atoms with E-state index in [0.717, 1.165) is 0 Å². The van der Waals surface area contributed by atoms with Gasteiger partial charge in [-0.25, -0.2) is 0 Å². The van der Waals surface area contributed by atoms with E-state index < -0.39 is 6.04 Å². The van der Waals surface area contributed by atoms with Crippen LogP contribution in [0.3, 0.4) is 0 Å². The summed E-state index contributed by atoms with van der Waals surface area (Å²) in [7, 11) is 0. The molecule has 4 N–H and O–H groups in total. The molecule has 2 aromatic rings. The molecule has 26 heavy (non-hydrogen) atoms. The van der Waals surface area contributed by atoms with Crippen LogP contribution >= 0.6 is 0 Å². The molecule has 0 amide bonds. The van der Waals surface area contributed by atoms with Gasteiger partial charge in [0.15, 0.2) is 5.78 Å². The van der Waals surface area contributed by atoms with Crippen LogP contribution in [-0.2, 0) is 4.79 Å². The summed E-state index contributed by atoms with van der Waals surface area (Å²) in [5.41, 5.74) is 2.15. The molecule has 0 bridgehead atoms. The van der Waals surface area contributed by atoms with Crippen molar-refractivity contribution in [1.29, 1.82) is 0 Å². The molecule has 1 unspecified atom stereocenters. The van der Waals surface area contributed by atoms with Gasteiger partial charge < -0.3 is 20.6 Å². The van der Waals surface area contributed by atoms with Gasteiger partial charge in [-0.15, -0.1) is 0 Å². The Kier molecular flexibility index (Phi) is 6.22. The summed E-state index contributed by atoms with van der Waals surface area (Å²) in [5.74, 6) is -0.000837. The first kappa shape index (κ1) is 19.3. The zero-order chi connectivity index (χ0) is 19.3. The first-order valence-corrected chi connectivity index (χ1v) is 8.47. The van der Waals surface area contributed by atoms with Gasteiger partial charge in [-0.2, -0.15) is 0 Å². The van der Waals surface area contributed by atoms with E-state index in [1.165, 1.54) is 6.07 Å². The van der Waals surface area contributed by atoms with Gasteiger partial charge in [0.25, 0.3) is 0 Å². The lowest BCUT2D eigenvalue weighted by atomic mass is 10.0. The molecular formula is C20H24N2O4. The van der Waals surface area contributed by atoms with Crippen molar-refractivity contribution < 1.29 is 20.1 Å². The minimum Gasteiger partial charge on any atom is -0.508 e. The highest BCUT2D eigenvalue weighted by Gasteiger charge is 2.15. The van der Waals surface area contributed by atoms with Gasteiger partial charge in [-0.1, -0.05) is 13.0 Å². The third-order valence-electron chi connectivity index (χ3n) is 4.19. The lowest BCUT2D eigenvalue weighted by molar-refractivity contribution is -0.118. The van der Waals surface area contributed by atoms with Crippen LogP contribution in [0.5, 0.6) is 17.2 Å². The molecule has 0 spiro atoms. The molecular weight excluding hydrogens is 332 g/mol. The van der Waals surface area contributed by atoms with Crippen molar-refractivity contribution in [1.82, 2.24) is 0 Å². The largest absolute Gasteiger partial charge is 0.508 e. The summed E-state index contributed by atoms with van der Waals surface area (Å²) >= 11 is 0. The Morgan fingerprint density at radius 2 is 1.92 bits per heavy atom. The van der Waals surface area contributed by atoms with E-state index in [4.69, 9.17) is 0 Å². The lowest BCUT2D eigenvalue weighted by Crippen LogP contribution is -2.28. The fourth-order valence-corrected chi connectivity index (χ4v) is 2.55. The molecule has 2 aromatic carbocycles. The SMILES string of the molecule is CCC(=NCC(=O)C(C)Nc1cccc(O)c1)c1ccc(O)c(C)c1O. The van der Waals surface area contributed by atoms with Crippen LogP contribution < -0.4 is 5.32 Å². The van der Waals surface area contributed by atoms with E-state index in [1.807, 2.05) is 6.92 Å². The number of phenols is 3. The number of phenolic OH excluding ortho intramolecular Hbond substituents is 3. The highest BCUT2D eigenvalue weighted by atomic mass is 16.3. The maximum absolute atomic E-state index is 12.4. The molecule has 6 heteroatoms. The smallest absolute Gasteiger partial charge is 0.175 e. The van der Waals surface area contributed by atoms with Crippen LogP contribution in [0.4, 0.5) is 5.69 Å². The van der Waals surface area contributed by atoms with Gasteiger partial charge in [-0.3, -0.25) is 9.79 Å². The predicted octanol–water partition coefficient (Wildman–Crippen LogP) is 3.38. The van der Waals surface area contributed by atoms with E-state index >= 15 is 0 Å². The molecule has 0 aliphatic heterocycles. The van der Waals surface area contributed by atoms with Crippen molar-refractivity contribution >= 4 is 17.2 Å². The Labute approximate surface area is 152 Å². The number of hydrogen-bond acceptors (Lipinski definition) is 6. The third-order valence-corrected chi connectivity index (χ3v) is 4.19. The van der Waals surface area contributed by atoms with Gasteiger partial charge in [0, 0.05) is 28.6 Å². The Balaban J connectivity index is 2.10. The standard InChI is InChI=1S/C20H24N2O4/c1-4-17(16-8-9-18(24)12(2)20(16)26)21-11-19(25)13(3)22-14-6-5-7-15(23)10-14/h5-10,13,22-24,26H,4,11H2,1-3H3. The van der Waals surface area contributed by atoms with Gasteiger partial charge in [0.1, 0.15) is 17.2 Å².